The molecule has 0 bridgehead atoms. The van der Waals surface area contributed by atoms with Gasteiger partial charge in [-0.25, -0.2) is 0 Å². The molecule has 0 saturated heterocycles. The van der Waals surface area contributed by atoms with Crippen LogP contribution >= 0.6 is 0 Å². The topological polar surface area (TPSA) is 35.5 Å². The first kappa shape index (κ1) is 9.43. The third-order valence-electron chi connectivity index (χ3n) is 1.06. The van der Waals surface area contributed by atoms with E-state index in [-0.39, 0.29) is 0 Å². The van der Waals surface area contributed by atoms with Gasteiger partial charge < -0.3 is 9.47 Å². The average molecular weight is 146 g/mol. The maximum atomic E-state index is 9.72. The molecule has 0 saturated carbocycles. The molecule has 0 aromatic carbocycles. The van der Waals surface area contributed by atoms with Crippen molar-refractivity contribution in [3.05, 3.63) is 0 Å². The highest BCUT2D eigenvalue weighted by molar-refractivity contribution is 5.36. The summed E-state index contributed by atoms with van der Waals surface area (Å²) >= 11 is 0. The van der Waals surface area contributed by atoms with Crippen LogP contribution in [0.15, 0.2) is 0 Å². The van der Waals surface area contributed by atoms with Crippen LogP contribution in [0.25, 0.3) is 0 Å². The van der Waals surface area contributed by atoms with Crippen molar-refractivity contribution < 1.29 is 14.3 Å². The first-order valence-corrected chi connectivity index (χ1v) is 3.44. The zero-order chi connectivity index (χ0) is 7.82. The second-order valence-corrected chi connectivity index (χ2v) is 2.19. The Kier molecular flexibility index (Phi) is 6.18. The number of carbonyl (C=O) groups is 1. The van der Waals surface area contributed by atoms with Crippen molar-refractivity contribution in [3.8, 4) is 0 Å². The molecule has 3 heteroatoms. The summed E-state index contributed by atoms with van der Waals surface area (Å²) < 4.78 is 9.63. The molecule has 0 N–H and O–H groups in total. The third kappa shape index (κ3) is 5.56. The third-order valence-corrected chi connectivity index (χ3v) is 1.06. The van der Waals surface area contributed by atoms with Crippen molar-refractivity contribution in [1.82, 2.24) is 0 Å². The number of hydrogen-bond donors (Lipinski definition) is 0. The molecule has 0 aliphatic carbocycles. The Morgan fingerprint density at radius 3 is 2.70 bits per heavy atom. The lowest BCUT2D eigenvalue weighted by atomic mass is 10.2. The molecule has 3 nitrogen and oxygen atoms in total. The summed E-state index contributed by atoms with van der Waals surface area (Å²) in [5, 5.41) is 0. The molecule has 0 aromatic heterocycles. The van der Waals surface area contributed by atoms with Gasteiger partial charge in [-0.3, -0.25) is 4.79 Å². The van der Waals surface area contributed by atoms with Crippen molar-refractivity contribution in [3.63, 3.8) is 0 Å². The monoisotopic (exact) mass is 146 g/mol. The van der Waals surface area contributed by atoms with Crippen molar-refractivity contribution in [1.29, 1.82) is 0 Å². The maximum absolute atomic E-state index is 9.72. The molecule has 0 aromatic rings. The predicted octanol–water partition coefficient (Wildman–Crippen LogP) is 0.832. The lowest BCUT2D eigenvalue weighted by molar-refractivity contribution is -0.130. The number of rotatable bonds is 6. The van der Waals surface area contributed by atoms with Crippen LogP contribution in [0.4, 0.5) is 0 Å². The van der Waals surface area contributed by atoms with E-state index >= 15 is 0 Å². The van der Waals surface area contributed by atoms with Gasteiger partial charge in [0.1, 0.15) is 0 Å². The molecule has 0 radical (unpaired) electrons. The van der Waals surface area contributed by atoms with Gasteiger partial charge in [0.25, 0.3) is 6.47 Å². The van der Waals surface area contributed by atoms with Crippen LogP contribution < -0.4 is 0 Å². The van der Waals surface area contributed by atoms with Gasteiger partial charge in [0.05, 0.1) is 13.2 Å². The van der Waals surface area contributed by atoms with Gasteiger partial charge >= 0.3 is 0 Å². The molecule has 1 unspecified atom stereocenters. The van der Waals surface area contributed by atoms with Crippen LogP contribution in [-0.2, 0) is 14.3 Å². The van der Waals surface area contributed by atoms with Crippen molar-refractivity contribution in [2.45, 2.75) is 13.8 Å². The normalized spacial score (nSPS) is 12.6. The SMILES string of the molecule is CCOCC(C)COC=O. The van der Waals surface area contributed by atoms with Gasteiger partial charge in [0.2, 0.25) is 0 Å². The average Bonchev–Trinajstić information content (AvgIpc) is 1.97. The van der Waals surface area contributed by atoms with Crippen molar-refractivity contribution in [2.24, 2.45) is 5.92 Å². The number of ether oxygens (including phenoxy) is 2. The van der Waals surface area contributed by atoms with Crippen LogP contribution in [0.3, 0.4) is 0 Å². The molecule has 0 fully saturated rings. The van der Waals surface area contributed by atoms with E-state index in [0.29, 0.717) is 32.2 Å². The first-order valence-electron chi connectivity index (χ1n) is 3.44. The van der Waals surface area contributed by atoms with E-state index in [1.54, 1.807) is 0 Å². The summed E-state index contributed by atoms with van der Waals surface area (Å²) in [4.78, 5) is 9.72. The molecule has 1 atom stereocenters. The van der Waals surface area contributed by atoms with E-state index in [0.717, 1.165) is 0 Å². The van der Waals surface area contributed by atoms with Gasteiger partial charge in [-0.1, -0.05) is 6.92 Å². The van der Waals surface area contributed by atoms with Crippen molar-refractivity contribution in [2.75, 3.05) is 19.8 Å². The van der Waals surface area contributed by atoms with Crippen LogP contribution in [-0.4, -0.2) is 26.3 Å². The van der Waals surface area contributed by atoms with E-state index in [1.807, 2.05) is 13.8 Å². The molecule has 0 heterocycles. The van der Waals surface area contributed by atoms with Gasteiger partial charge in [-0.2, -0.15) is 0 Å². The van der Waals surface area contributed by atoms with Gasteiger partial charge in [0, 0.05) is 12.5 Å². The Labute approximate surface area is 61.3 Å². The summed E-state index contributed by atoms with van der Waals surface area (Å²) in [6.07, 6.45) is 0. The first-order chi connectivity index (χ1) is 4.81. The number of carbonyl (C=O) groups excluding carboxylic acids is 1. The zero-order valence-electron chi connectivity index (χ0n) is 6.50. The Bertz CT molecular complexity index is 82.9. The summed E-state index contributed by atoms with van der Waals surface area (Å²) in [6.45, 7) is 6.19. The summed E-state index contributed by atoms with van der Waals surface area (Å²) in [5.74, 6) is 0.296. The predicted molar refractivity (Wildman–Crippen MR) is 37.7 cm³/mol. The minimum Gasteiger partial charge on any atom is -0.468 e. The molecule has 0 aliphatic rings. The summed E-state index contributed by atoms with van der Waals surface area (Å²) in [6, 6.07) is 0. The molecule has 60 valence electrons. The zero-order valence-corrected chi connectivity index (χ0v) is 6.50. The fourth-order valence-corrected chi connectivity index (χ4v) is 0.571. The smallest absolute Gasteiger partial charge is 0.293 e. The van der Waals surface area contributed by atoms with Crippen LogP contribution in [0.2, 0.25) is 0 Å². The van der Waals surface area contributed by atoms with E-state index in [9.17, 15) is 4.79 Å². The second-order valence-electron chi connectivity index (χ2n) is 2.19. The number of hydrogen-bond acceptors (Lipinski definition) is 3. The van der Waals surface area contributed by atoms with Crippen LogP contribution in [0.1, 0.15) is 13.8 Å². The van der Waals surface area contributed by atoms with E-state index in [4.69, 9.17) is 4.74 Å². The molecule has 0 spiro atoms. The standard InChI is InChI=1S/C7H14O3/c1-3-9-4-7(2)5-10-6-8/h6-7H,3-5H2,1-2H3. The lowest BCUT2D eigenvalue weighted by Crippen LogP contribution is -2.12. The van der Waals surface area contributed by atoms with Crippen molar-refractivity contribution >= 4 is 6.47 Å². The Hall–Kier alpha value is -0.570. The molecular weight excluding hydrogens is 132 g/mol. The Morgan fingerprint density at radius 1 is 1.50 bits per heavy atom. The quantitative estimate of drug-likeness (QED) is 0.521. The molecule has 10 heavy (non-hydrogen) atoms. The van der Waals surface area contributed by atoms with Crippen LogP contribution in [0, 0.1) is 5.92 Å². The molecule has 0 rings (SSSR count). The fourth-order valence-electron chi connectivity index (χ4n) is 0.571. The highest BCUT2D eigenvalue weighted by Crippen LogP contribution is 1.94. The van der Waals surface area contributed by atoms with Gasteiger partial charge in [-0.05, 0) is 6.92 Å². The van der Waals surface area contributed by atoms with Gasteiger partial charge in [-0.15, -0.1) is 0 Å². The van der Waals surface area contributed by atoms with E-state index in [2.05, 4.69) is 4.74 Å². The Morgan fingerprint density at radius 2 is 2.20 bits per heavy atom. The molecular formula is C7H14O3. The minimum atomic E-state index is 0.296. The fraction of sp³-hybridized carbons (Fsp3) is 0.857. The lowest BCUT2D eigenvalue weighted by Gasteiger charge is -2.08. The highest BCUT2D eigenvalue weighted by atomic mass is 16.5. The van der Waals surface area contributed by atoms with Crippen LogP contribution in [0.5, 0.6) is 0 Å². The van der Waals surface area contributed by atoms with E-state index < -0.39 is 0 Å². The largest absolute Gasteiger partial charge is 0.468 e. The minimum absolute atomic E-state index is 0.296. The van der Waals surface area contributed by atoms with Gasteiger partial charge in [0.15, 0.2) is 0 Å². The molecule has 0 aliphatic heterocycles. The maximum Gasteiger partial charge on any atom is 0.293 e. The summed E-state index contributed by atoms with van der Waals surface area (Å²) in [5.41, 5.74) is 0. The Balaban J connectivity index is 3.07. The molecule has 0 amide bonds. The summed E-state index contributed by atoms with van der Waals surface area (Å²) in [7, 11) is 0. The second kappa shape index (κ2) is 6.55. The highest BCUT2D eigenvalue weighted by Gasteiger charge is 2.00. The van der Waals surface area contributed by atoms with E-state index in [1.165, 1.54) is 0 Å².